The summed E-state index contributed by atoms with van der Waals surface area (Å²) in [5, 5.41) is 29.9. The monoisotopic (exact) mass is 1280 g/mol. The van der Waals surface area contributed by atoms with Gasteiger partial charge in [-0.2, -0.15) is 10.5 Å². The van der Waals surface area contributed by atoms with E-state index in [1.54, 1.807) is 36.4 Å². The topological polar surface area (TPSA) is 284 Å². The second-order valence-corrected chi connectivity index (χ2v) is 25.4. The fraction of sp³-hybridized carbons (Fsp3) is 0.533. The summed E-state index contributed by atoms with van der Waals surface area (Å²) in [4.78, 5) is 33.4. The number of amides is 4. The van der Waals surface area contributed by atoms with Gasteiger partial charge >= 0.3 is 12.1 Å². The van der Waals surface area contributed by atoms with Crippen molar-refractivity contribution >= 4 is 69.2 Å². The summed E-state index contributed by atoms with van der Waals surface area (Å²) in [6, 6.07) is 21.0. The number of likely N-dealkylation sites (N-methyl/N-ethyl adjacent to an activating group) is 2. The van der Waals surface area contributed by atoms with Crippen molar-refractivity contribution in [2.45, 2.75) is 88.7 Å². The minimum atomic E-state index is -2.53. The summed E-state index contributed by atoms with van der Waals surface area (Å²) in [5.41, 5.74) is 7.31. The van der Waals surface area contributed by atoms with E-state index in [-0.39, 0.29) is 55.6 Å². The second-order valence-electron chi connectivity index (χ2n) is 22.8. The molecule has 8 atom stereocenters. The van der Waals surface area contributed by atoms with Crippen LogP contribution in [-0.4, -0.2) is 198 Å². The Labute approximate surface area is 525 Å². The smallest absolute Gasteiger partial charge is 0.331 e. The number of fused-ring (bicyclic) bond motifs is 2. The van der Waals surface area contributed by atoms with Crippen LogP contribution in [-0.2, 0) is 44.8 Å². The van der Waals surface area contributed by atoms with Gasteiger partial charge in [-0.05, 0) is 175 Å². The largest absolute Gasteiger partial charge is 0.755 e. The van der Waals surface area contributed by atoms with Crippen molar-refractivity contribution in [1.82, 2.24) is 40.6 Å². The number of carbonyl (C=O) groups excluding carboxylic acids is 2. The lowest BCUT2D eigenvalue weighted by atomic mass is 10.0. The molecule has 0 spiro atoms. The van der Waals surface area contributed by atoms with E-state index in [4.69, 9.17) is 48.0 Å². The molecule has 2 aliphatic carbocycles. The van der Waals surface area contributed by atoms with E-state index in [9.17, 15) is 37.6 Å². The minimum Gasteiger partial charge on any atom is -0.755 e. The number of likely N-dealkylation sites (tertiary alicyclic amines) is 2. The third-order valence-corrected chi connectivity index (χ3v) is 18.7. The second kappa shape index (κ2) is 31.5. The lowest BCUT2D eigenvalue weighted by molar-refractivity contribution is 0.0932. The zero-order chi connectivity index (χ0) is 62.5. The Kier molecular flexibility index (Phi) is 24.3. The minimum absolute atomic E-state index is 0.0292. The van der Waals surface area contributed by atoms with E-state index < -0.39 is 28.6 Å². The molecular weight excluding hydrogens is 1200 g/mol. The molecule has 5 N–H and O–H groups in total. The lowest BCUT2D eigenvalue weighted by Gasteiger charge is -2.33. The van der Waals surface area contributed by atoms with Crippen LogP contribution in [0, 0.1) is 36.5 Å². The van der Waals surface area contributed by atoms with Gasteiger partial charge in [0.15, 0.2) is 0 Å². The van der Waals surface area contributed by atoms with Crippen molar-refractivity contribution < 1.29 is 46.1 Å². The molecule has 27 heteroatoms. The Balaban J connectivity index is 0.645. The number of nitriles is 2. The zero-order valence-electron chi connectivity index (χ0n) is 50.1. The maximum absolute atomic E-state index is 12.7. The molecule has 23 nitrogen and oxygen atoms in total. The average Bonchev–Trinajstić information content (AvgIpc) is 2.96. The van der Waals surface area contributed by atoms with Gasteiger partial charge in [0.1, 0.15) is 23.7 Å². The van der Waals surface area contributed by atoms with E-state index >= 15 is 0 Å². The first kappa shape index (κ1) is 67.1. The third kappa shape index (κ3) is 17.3. The number of nitrogens with two attached hydrogens (primary N) is 1. The molecule has 2 heterocycles. The molecule has 2 unspecified atom stereocenters. The van der Waals surface area contributed by atoms with Crippen LogP contribution in [0.5, 0.6) is 11.5 Å². The molecule has 87 heavy (non-hydrogen) atoms. The number of ether oxygens (including phenoxy) is 4. The first-order chi connectivity index (χ1) is 41.7. The molecule has 4 aromatic rings. The number of carbonyl (C=O) groups is 2. The molecular formula is C60H79Cl2N13O10S2-2. The summed E-state index contributed by atoms with van der Waals surface area (Å²) in [7, 11) is 7.90. The summed E-state index contributed by atoms with van der Waals surface area (Å²) in [6.45, 7) is 9.89. The number of hydrazine groups is 1. The number of benzene rings is 4. The lowest BCUT2D eigenvalue weighted by Crippen LogP contribution is -2.46. The number of anilines is 2. The number of hydrogen-bond acceptors (Lipinski definition) is 17. The molecule has 0 radical (unpaired) electrons. The van der Waals surface area contributed by atoms with Crippen molar-refractivity contribution in [3.8, 4) is 23.6 Å². The van der Waals surface area contributed by atoms with Crippen LogP contribution in [0.15, 0.2) is 60.7 Å². The van der Waals surface area contributed by atoms with Crippen molar-refractivity contribution in [3.05, 3.63) is 115 Å². The van der Waals surface area contributed by atoms with Crippen LogP contribution in [0.2, 0.25) is 10.0 Å². The van der Waals surface area contributed by atoms with Crippen molar-refractivity contribution in [1.29, 1.82) is 10.5 Å². The summed E-state index contributed by atoms with van der Waals surface area (Å²) < 4.78 is 78.4. The van der Waals surface area contributed by atoms with Gasteiger partial charge < -0.3 is 53.8 Å². The maximum atomic E-state index is 12.7. The molecule has 0 saturated carbocycles. The van der Waals surface area contributed by atoms with Crippen molar-refractivity contribution in [2.24, 2.45) is 5.84 Å². The normalized spacial score (nSPS) is 20.6. The number of nitrogens with one attached hydrogen (secondary N) is 3. The van der Waals surface area contributed by atoms with Crippen LogP contribution >= 0.6 is 23.2 Å². The summed E-state index contributed by atoms with van der Waals surface area (Å²) in [6.07, 6.45) is 3.03. The zero-order valence-corrected chi connectivity index (χ0v) is 53.3. The molecule has 4 aromatic carbocycles. The van der Waals surface area contributed by atoms with Gasteiger partial charge in [-0.15, -0.1) is 0 Å². The Morgan fingerprint density at radius 1 is 0.667 bits per heavy atom. The molecule has 0 bridgehead atoms. The number of unbranched alkanes of at least 4 members (excludes halogenated alkanes) is 1. The van der Waals surface area contributed by atoms with Gasteiger partial charge in [-0.25, -0.2) is 15.4 Å². The fourth-order valence-electron chi connectivity index (χ4n) is 12.0. The van der Waals surface area contributed by atoms with Gasteiger partial charge in [0, 0.05) is 103 Å². The Bertz CT molecular complexity index is 3190. The average molecular weight is 1280 g/mol. The van der Waals surface area contributed by atoms with Crippen LogP contribution in [0.3, 0.4) is 0 Å². The van der Waals surface area contributed by atoms with Gasteiger partial charge in [-0.3, -0.25) is 31.8 Å². The van der Waals surface area contributed by atoms with Gasteiger partial charge in [0.05, 0.1) is 80.4 Å². The Hall–Kier alpha value is -5.88. The molecule has 2 aliphatic heterocycles. The van der Waals surface area contributed by atoms with Crippen molar-refractivity contribution in [2.75, 3.05) is 129 Å². The van der Waals surface area contributed by atoms with E-state index in [1.165, 1.54) is 8.61 Å². The first-order valence-electron chi connectivity index (χ1n) is 29.3. The highest BCUT2D eigenvalue weighted by Crippen LogP contribution is 2.44. The molecule has 2 fully saturated rings. The van der Waals surface area contributed by atoms with Crippen LogP contribution in [0.25, 0.3) is 0 Å². The first-order valence-corrected chi connectivity index (χ1v) is 32.1. The Morgan fingerprint density at radius 2 is 1.11 bits per heavy atom. The third-order valence-electron chi connectivity index (χ3n) is 16.6. The van der Waals surface area contributed by atoms with Crippen molar-refractivity contribution in [3.63, 3.8) is 0 Å². The van der Waals surface area contributed by atoms with E-state index in [2.05, 4.69) is 47.7 Å². The number of nitrogens with zero attached hydrogens (tertiary/aromatic N) is 9. The predicted molar refractivity (Wildman–Crippen MR) is 333 cm³/mol. The summed E-state index contributed by atoms with van der Waals surface area (Å²) in [5.74, 6) is 7.22. The maximum Gasteiger partial charge on any atom is 0.331 e. The highest BCUT2D eigenvalue weighted by molar-refractivity contribution is 7.81. The number of urea groups is 2. The summed E-state index contributed by atoms with van der Waals surface area (Å²) >= 11 is 7.76. The van der Waals surface area contributed by atoms with E-state index in [0.29, 0.717) is 161 Å². The van der Waals surface area contributed by atoms with Crippen LogP contribution in [0.4, 0.5) is 21.0 Å². The molecule has 0 aromatic heterocycles. The highest BCUT2D eigenvalue weighted by Gasteiger charge is 2.40. The number of halogens is 2. The molecule has 472 valence electrons. The van der Waals surface area contributed by atoms with Crippen LogP contribution in [0.1, 0.15) is 82.4 Å². The van der Waals surface area contributed by atoms with E-state index in [0.717, 1.165) is 38.4 Å². The quantitative estimate of drug-likeness (QED) is 0.0169. The van der Waals surface area contributed by atoms with E-state index in [1.807, 2.05) is 66.3 Å². The molecule has 4 amide bonds. The predicted octanol–water partition coefficient (Wildman–Crippen LogP) is 5.61. The van der Waals surface area contributed by atoms with Gasteiger partial charge in [0.2, 0.25) is 0 Å². The number of rotatable bonds is 29. The highest BCUT2D eigenvalue weighted by atomic mass is 35.5. The SMILES string of the molecule is Cc1cc(N([C@H]2CCN(CCOCCNC(=O)NCCCCNC(=O)N(N)CCOCCN3CC[C@H](N(c4ccc(O[C@H]5c6cc(Cl)cc(C#N)c6C[C@@H]5N(C)C)c(C)c4)S(=O)[O-])C3)C2)S(=O)[O-])ccc1O[C@H]1c2cc(Cl)cc(C#N)c2C[C@@H]1N(C)C. The number of aryl methyl sites for hydroxylation is 2. The molecule has 2 saturated heterocycles. The van der Waals surface area contributed by atoms with Gasteiger partial charge in [-0.1, -0.05) is 23.2 Å². The standard InChI is InChI=1S/C60H81Cl2N13O10S2/c1-39-27-45(9-11-55(39)84-57-51-31-43(61)29-41(35-63)49(51)33-53(57)69(3)4)74(86(78)79)47-13-18-71(37-47)20-24-82-23-17-67-59(76)66-15-7-8-16-68-60(77)73(65)22-26-83-25-21-72-19-14-48(38-72)75(87(80)81)46-10-12-56(40(2)28-46)85-58-52-32-44(62)30-42(36-64)50(52)34-54(58)70(5)6/h9-12,27-32,47-48,53-54,57-58H,7-8,13-26,33-34,37-38,65H2,1-6H3,(H,68,77)(H,78,79)(H,80,81)(H2,66,67,76)/p-2/t47-,48-,53-,54-,57-,58-/m0/s1. The number of hydrogen-bond donors (Lipinski definition) is 4. The molecule has 4 aliphatic rings. The Morgan fingerprint density at radius 3 is 1.55 bits per heavy atom. The van der Waals surface area contributed by atoms with Gasteiger partial charge in [0.25, 0.3) is 0 Å². The fourth-order valence-corrected chi connectivity index (χ4v) is 13.8. The van der Waals surface area contributed by atoms with Crippen LogP contribution < -0.4 is 39.9 Å². The molecule has 8 rings (SSSR count).